The molecule has 1 amide bonds. The minimum absolute atomic E-state index is 0.0653. The number of aromatic nitrogens is 2. The highest BCUT2D eigenvalue weighted by molar-refractivity contribution is 5.90. The maximum Gasteiger partial charge on any atom is 0.362 e. The van der Waals surface area contributed by atoms with E-state index in [0.29, 0.717) is 11.6 Å². The van der Waals surface area contributed by atoms with Gasteiger partial charge in [-0.05, 0) is 44.7 Å². The highest BCUT2D eigenvalue weighted by Gasteiger charge is 2.29. The van der Waals surface area contributed by atoms with E-state index in [9.17, 15) is 19.7 Å². The number of nitro benzene ring substituents is 1. The molecular formula is C19H22N4O6. The molecule has 154 valence electrons. The molecule has 0 spiro atoms. The fraction of sp³-hybridized carbons (Fsp3) is 0.421. The molecule has 0 radical (unpaired) electrons. The third-order valence-electron chi connectivity index (χ3n) is 4.55. The summed E-state index contributed by atoms with van der Waals surface area (Å²) < 4.78 is 11.9. The molecule has 1 saturated carbocycles. The van der Waals surface area contributed by atoms with Crippen LogP contribution < -0.4 is 10.1 Å². The summed E-state index contributed by atoms with van der Waals surface area (Å²) in [4.78, 5) is 34.6. The van der Waals surface area contributed by atoms with E-state index in [0.717, 1.165) is 12.8 Å². The Bertz CT molecular complexity index is 904. The molecule has 1 heterocycles. The smallest absolute Gasteiger partial charge is 0.362 e. The third kappa shape index (κ3) is 5.09. The van der Waals surface area contributed by atoms with Crippen molar-refractivity contribution in [3.8, 4) is 11.4 Å². The summed E-state index contributed by atoms with van der Waals surface area (Å²) in [5.41, 5.74) is 0.348. The predicted octanol–water partition coefficient (Wildman–Crippen LogP) is 2.25. The van der Waals surface area contributed by atoms with E-state index in [4.69, 9.17) is 9.47 Å². The van der Waals surface area contributed by atoms with Crippen LogP contribution in [0.25, 0.3) is 5.69 Å². The topological polar surface area (TPSA) is 126 Å². The standard InChI is InChI=1S/C19H22N4O6/c1-3-28-19(25)18-16(29-11-17(24)20-12(2)13-4-5-13)10-22(21-18)14-6-8-15(9-7-14)23(26)27/h6-10,12-13H,3-5,11H2,1-2H3,(H,20,24)/t12-/m0/s1. The molecule has 3 rings (SSSR count). The van der Waals surface area contributed by atoms with Crippen molar-refractivity contribution in [3.63, 3.8) is 0 Å². The summed E-state index contributed by atoms with van der Waals surface area (Å²) in [7, 11) is 0. The molecule has 1 aliphatic rings. The minimum Gasteiger partial charge on any atom is -0.480 e. The number of nitrogens with zero attached hydrogens (tertiary/aromatic N) is 3. The lowest BCUT2D eigenvalue weighted by Crippen LogP contribution is -2.37. The van der Waals surface area contributed by atoms with Crippen LogP contribution in [0.15, 0.2) is 30.5 Å². The van der Waals surface area contributed by atoms with Gasteiger partial charge in [-0.15, -0.1) is 0 Å². The molecule has 0 bridgehead atoms. The minimum atomic E-state index is -0.685. The highest BCUT2D eigenvalue weighted by Crippen LogP contribution is 2.32. The van der Waals surface area contributed by atoms with Gasteiger partial charge in [-0.25, -0.2) is 9.48 Å². The fourth-order valence-electron chi connectivity index (χ4n) is 2.82. The number of benzene rings is 1. The molecule has 0 saturated heterocycles. The van der Waals surface area contributed by atoms with Crippen molar-refractivity contribution in [1.82, 2.24) is 15.1 Å². The van der Waals surface area contributed by atoms with E-state index in [-0.39, 0.29) is 42.3 Å². The number of hydrogen-bond acceptors (Lipinski definition) is 7. The van der Waals surface area contributed by atoms with E-state index < -0.39 is 10.9 Å². The zero-order valence-corrected chi connectivity index (χ0v) is 16.2. The number of rotatable bonds is 9. The Morgan fingerprint density at radius 3 is 2.62 bits per heavy atom. The summed E-state index contributed by atoms with van der Waals surface area (Å²) in [6.45, 7) is 3.50. The second-order valence-corrected chi connectivity index (χ2v) is 6.76. The molecule has 2 aromatic rings. The molecule has 10 nitrogen and oxygen atoms in total. The van der Waals surface area contributed by atoms with Crippen LogP contribution in [0.5, 0.6) is 5.75 Å². The third-order valence-corrected chi connectivity index (χ3v) is 4.55. The van der Waals surface area contributed by atoms with E-state index in [1.54, 1.807) is 6.92 Å². The van der Waals surface area contributed by atoms with Gasteiger partial charge in [0, 0.05) is 18.2 Å². The van der Waals surface area contributed by atoms with Gasteiger partial charge in [-0.3, -0.25) is 14.9 Å². The number of amides is 1. The van der Waals surface area contributed by atoms with Crippen LogP contribution in [0.4, 0.5) is 5.69 Å². The van der Waals surface area contributed by atoms with Crippen LogP contribution in [-0.4, -0.2) is 45.8 Å². The summed E-state index contributed by atoms with van der Waals surface area (Å²) in [5, 5.41) is 17.8. The summed E-state index contributed by atoms with van der Waals surface area (Å²) in [6, 6.07) is 5.73. The molecule has 1 aromatic carbocycles. The Hall–Kier alpha value is -3.43. The zero-order valence-electron chi connectivity index (χ0n) is 16.2. The quantitative estimate of drug-likeness (QED) is 0.387. The number of esters is 1. The number of ether oxygens (including phenoxy) is 2. The second kappa shape index (κ2) is 8.72. The van der Waals surface area contributed by atoms with Crippen molar-refractivity contribution in [2.45, 2.75) is 32.7 Å². The Labute approximate surface area is 166 Å². The van der Waals surface area contributed by atoms with Crippen LogP contribution in [-0.2, 0) is 9.53 Å². The van der Waals surface area contributed by atoms with Crippen molar-refractivity contribution in [3.05, 3.63) is 46.3 Å². The number of nitrogens with one attached hydrogen (secondary N) is 1. The number of hydrogen-bond donors (Lipinski definition) is 1. The van der Waals surface area contributed by atoms with E-state index in [1.165, 1.54) is 35.1 Å². The molecule has 1 aromatic heterocycles. The summed E-state index contributed by atoms with van der Waals surface area (Å²) in [6.07, 6.45) is 3.65. The number of carbonyl (C=O) groups excluding carboxylic acids is 2. The fourth-order valence-corrected chi connectivity index (χ4v) is 2.82. The summed E-state index contributed by atoms with van der Waals surface area (Å²) >= 11 is 0. The zero-order chi connectivity index (χ0) is 21.0. The Balaban J connectivity index is 1.76. The van der Waals surface area contributed by atoms with Gasteiger partial charge in [0.1, 0.15) is 0 Å². The number of carbonyl (C=O) groups is 2. The van der Waals surface area contributed by atoms with Gasteiger partial charge in [0.2, 0.25) is 5.69 Å². The van der Waals surface area contributed by atoms with Crippen LogP contribution in [0.1, 0.15) is 37.2 Å². The number of non-ortho nitro benzene ring substituents is 1. The lowest BCUT2D eigenvalue weighted by molar-refractivity contribution is -0.384. The van der Waals surface area contributed by atoms with Gasteiger partial charge in [0.15, 0.2) is 12.4 Å². The van der Waals surface area contributed by atoms with E-state index >= 15 is 0 Å². The van der Waals surface area contributed by atoms with Gasteiger partial charge in [-0.2, -0.15) is 5.10 Å². The molecule has 10 heteroatoms. The monoisotopic (exact) mass is 402 g/mol. The van der Waals surface area contributed by atoms with E-state index in [2.05, 4.69) is 10.4 Å². The van der Waals surface area contributed by atoms with Crippen LogP contribution in [0, 0.1) is 16.0 Å². The number of nitro groups is 1. The molecule has 29 heavy (non-hydrogen) atoms. The lowest BCUT2D eigenvalue weighted by atomic mass is 10.2. The maximum absolute atomic E-state index is 12.2. The first-order chi connectivity index (χ1) is 13.9. The molecular weight excluding hydrogens is 380 g/mol. The average Bonchev–Trinajstić information content (AvgIpc) is 3.46. The molecule has 1 N–H and O–H groups in total. The van der Waals surface area contributed by atoms with Gasteiger partial charge in [-0.1, -0.05) is 0 Å². The molecule has 1 atom stereocenters. The highest BCUT2D eigenvalue weighted by atomic mass is 16.6. The summed E-state index contributed by atoms with van der Waals surface area (Å²) in [5.74, 6) is -0.368. The Morgan fingerprint density at radius 2 is 2.03 bits per heavy atom. The maximum atomic E-state index is 12.2. The molecule has 1 aliphatic carbocycles. The van der Waals surface area contributed by atoms with Crippen molar-refractivity contribution < 1.29 is 24.0 Å². The van der Waals surface area contributed by atoms with Gasteiger partial charge in [0.25, 0.3) is 11.6 Å². The Kier molecular flexibility index (Phi) is 6.10. The van der Waals surface area contributed by atoms with Crippen LogP contribution in [0.3, 0.4) is 0 Å². The first-order valence-electron chi connectivity index (χ1n) is 9.32. The first-order valence-corrected chi connectivity index (χ1v) is 9.32. The largest absolute Gasteiger partial charge is 0.480 e. The average molecular weight is 402 g/mol. The molecule has 0 unspecified atom stereocenters. The first kappa shape index (κ1) is 20.3. The van der Waals surface area contributed by atoms with Gasteiger partial charge >= 0.3 is 5.97 Å². The van der Waals surface area contributed by atoms with Crippen LogP contribution in [0.2, 0.25) is 0 Å². The van der Waals surface area contributed by atoms with Crippen molar-refractivity contribution in [2.24, 2.45) is 5.92 Å². The van der Waals surface area contributed by atoms with Crippen molar-refractivity contribution in [2.75, 3.05) is 13.2 Å². The van der Waals surface area contributed by atoms with Gasteiger partial charge in [0.05, 0.1) is 23.4 Å². The van der Waals surface area contributed by atoms with Crippen molar-refractivity contribution in [1.29, 1.82) is 0 Å². The lowest BCUT2D eigenvalue weighted by Gasteiger charge is -2.13. The molecule has 1 fully saturated rings. The SMILES string of the molecule is CCOC(=O)c1nn(-c2ccc([N+](=O)[O-])cc2)cc1OCC(=O)N[C@@H](C)C1CC1. The van der Waals surface area contributed by atoms with Gasteiger partial charge < -0.3 is 14.8 Å². The molecule has 0 aliphatic heterocycles. The Morgan fingerprint density at radius 1 is 1.34 bits per heavy atom. The van der Waals surface area contributed by atoms with Crippen LogP contribution >= 0.6 is 0 Å². The van der Waals surface area contributed by atoms with E-state index in [1.807, 2.05) is 6.92 Å². The van der Waals surface area contributed by atoms with Crippen molar-refractivity contribution >= 4 is 17.6 Å². The second-order valence-electron chi connectivity index (χ2n) is 6.76. The predicted molar refractivity (Wildman–Crippen MR) is 102 cm³/mol. The normalized spacial score (nSPS) is 14.1.